The molecule has 0 aliphatic carbocycles. The van der Waals surface area contributed by atoms with Crippen LogP contribution in [0.4, 0.5) is 4.79 Å². The average Bonchev–Trinajstić information content (AvgIpc) is 2.88. The second-order valence-electron chi connectivity index (χ2n) is 9.92. The van der Waals surface area contributed by atoms with Crippen LogP contribution in [0.5, 0.6) is 11.5 Å². The molecule has 0 bridgehead atoms. The molecule has 0 radical (unpaired) electrons. The van der Waals surface area contributed by atoms with Crippen LogP contribution in [-0.2, 0) is 11.3 Å². The number of aromatic nitrogens is 3. The van der Waals surface area contributed by atoms with Crippen LogP contribution in [-0.4, -0.2) is 40.2 Å². The fourth-order valence-electron chi connectivity index (χ4n) is 3.96. The van der Waals surface area contributed by atoms with Crippen molar-refractivity contribution in [1.29, 1.82) is 0 Å². The first kappa shape index (κ1) is 27.9. The molecule has 204 valence electrons. The molecule has 2 heterocycles. The number of benzene rings is 2. The zero-order chi connectivity index (χ0) is 28.2. The Morgan fingerprint density at radius 1 is 1.10 bits per heavy atom. The van der Waals surface area contributed by atoms with Crippen LogP contribution in [0.3, 0.4) is 0 Å². The maximum atomic E-state index is 12.5. The van der Waals surface area contributed by atoms with Gasteiger partial charge in [0.1, 0.15) is 23.7 Å². The number of hydrogen-bond donors (Lipinski definition) is 1. The molecule has 0 saturated carbocycles. The molecule has 2 aromatic carbocycles. The summed E-state index contributed by atoms with van der Waals surface area (Å²) in [7, 11) is 1.60. The van der Waals surface area contributed by atoms with Crippen molar-refractivity contribution in [3.05, 3.63) is 81.7 Å². The number of hydrogen-bond acceptors (Lipinski definition) is 7. The van der Waals surface area contributed by atoms with E-state index in [0.29, 0.717) is 22.2 Å². The molecule has 9 nitrogen and oxygen atoms in total. The lowest BCUT2D eigenvalue weighted by Crippen LogP contribution is -2.34. The van der Waals surface area contributed by atoms with Crippen LogP contribution in [0.2, 0.25) is 5.02 Å². The molecule has 1 amide bonds. The number of carbonyl (C=O) groups is 1. The fourth-order valence-corrected chi connectivity index (χ4v) is 4.30. The largest absolute Gasteiger partial charge is 0.497 e. The summed E-state index contributed by atoms with van der Waals surface area (Å²) in [5.41, 5.74) is 1.95. The highest BCUT2D eigenvalue weighted by molar-refractivity contribution is 6.31. The Morgan fingerprint density at radius 2 is 1.90 bits per heavy atom. The quantitative estimate of drug-likeness (QED) is 0.296. The average molecular weight is 551 g/mol. The summed E-state index contributed by atoms with van der Waals surface area (Å²) in [6.07, 6.45) is 1.14. The highest BCUT2D eigenvalue weighted by atomic mass is 35.5. The number of nitrogens with one attached hydrogen (secondary N) is 1. The van der Waals surface area contributed by atoms with Gasteiger partial charge in [0, 0.05) is 34.3 Å². The van der Waals surface area contributed by atoms with Gasteiger partial charge in [-0.05, 0) is 63.6 Å². The van der Waals surface area contributed by atoms with E-state index in [1.807, 2.05) is 37.3 Å². The van der Waals surface area contributed by atoms with Gasteiger partial charge in [0.15, 0.2) is 0 Å². The smallest absolute Gasteiger partial charge is 0.408 e. The molecule has 4 aromatic rings. The molecule has 10 heteroatoms. The molecule has 1 atom stereocenters. The van der Waals surface area contributed by atoms with Gasteiger partial charge >= 0.3 is 6.09 Å². The summed E-state index contributed by atoms with van der Waals surface area (Å²) in [6.45, 7) is 7.71. The molecule has 39 heavy (non-hydrogen) atoms. The van der Waals surface area contributed by atoms with Crippen LogP contribution >= 0.6 is 11.6 Å². The molecule has 0 spiro atoms. The minimum atomic E-state index is -0.600. The minimum absolute atomic E-state index is 0.231. The lowest BCUT2D eigenvalue weighted by molar-refractivity contribution is 0.0508. The Bertz CT molecular complexity index is 1550. The second-order valence-corrected chi connectivity index (χ2v) is 10.3. The third kappa shape index (κ3) is 7.06. The first-order valence-electron chi connectivity index (χ1n) is 12.5. The maximum absolute atomic E-state index is 12.5. The summed E-state index contributed by atoms with van der Waals surface area (Å²) in [6, 6.07) is 15.5. The Kier molecular flexibility index (Phi) is 8.40. The van der Waals surface area contributed by atoms with Gasteiger partial charge < -0.3 is 19.5 Å². The third-order valence-corrected chi connectivity index (χ3v) is 6.16. The molecule has 1 N–H and O–H groups in total. The number of alkyl carbamates (subject to hydrolysis) is 1. The first-order valence-corrected chi connectivity index (χ1v) is 12.8. The fraction of sp³-hybridized carbons (Fsp3) is 0.310. The minimum Gasteiger partial charge on any atom is -0.497 e. The summed E-state index contributed by atoms with van der Waals surface area (Å²) in [5.74, 6) is 1.37. The standard InChI is InChI=1S/C29H31ClN4O5/c1-18(32-28(36)39-29(2,3)4)21-8-6-19(16-23(21)30)24-10-11-27(35)34(33-24)14-15-38-26-12-13-31-25-17-20(37-5)7-9-22(25)26/h6-13,16-18H,14-15H2,1-5H3,(H,32,36). The van der Waals surface area contributed by atoms with Crippen LogP contribution < -0.4 is 20.3 Å². The van der Waals surface area contributed by atoms with Gasteiger partial charge in [-0.3, -0.25) is 9.78 Å². The van der Waals surface area contributed by atoms with Gasteiger partial charge in [-0.25, -0.2) is 9.48 Å². The van der Waals surface area contributed by atoms with Crippen molar-refractivity contribution in [3.63, 3.8) is 0 Å². The number of methoxy groups -OCH3 is 1. The molecular formula is C29H31ClN4O5. The molecule has 0 saturated heterocycles. The van der Waals surface area contributed by atoms with Gasteiger partial charge in [0.05, 0.1) is 30.9 Å². The van der Waals surface area contributed by atoms with Crippen LogP contribution in [0.15, 0.2) is 65.6 Å². The van der Waals surface area contributed by atoms with Crippen molar-refractivity contribution in [3.8, 4) is 22.8 Å². The molecule has 0 aliphatic heterocycles. The highest BCUT2D eigenvalue weighted by Gasteiger charge is 2.20. The molecular weight excluding hydrogens is 520 g/mol. The Labute approximate surface area is 231 Å². The van der Waals surface area contributed by atoms with E-state index in [0.717, 1.165) is 22.0 Å². The van der Waals surface area contributed by atoms with E-state index in [2.05, 4.69) is 15.4 Å². The number of ether oxygens (including phenoxy) is 3. The van der Waals surface area contributed by atoms with E-state index in [9.17, 15) is 9.59 Å². The zero-order valence-corrected chi connectivity index (χ0v) is 23.3. The van der Waals surface area contributed by atoms with Crippen molar-refractivity contribution in [2.24, 2.45) is 0 Å². The number of nitrogens with zero attached hydrogens (tertiary/aromatic N) is 3. The molecule has 4 rings (SSSR count). The van der Waals surface area contributed by atoms with Crippen molar-refractivity contribution in [2.45, 2.75) is 45.9 Å². The van der Waals surface area contributed by atoms with Crippen LogP contribution in [0.1, 0.15) is 39.3 Å². The number of fused-ring (bicyclic) bond motifs is 1. The van der Waals surface area contributed by atoms with E-state index in [4.69, 9.17) is 25.8 Å². The lowest BCUT2D eigenvalue weighted by Gasteiger charge is -2.22. The monoisotopic (exact) mass is 550 g/mol. The predicted molar refractivity (Wildman–Crippen MR) is 151 cm³/mol. The maximum Gasteiger partial charge on any atom is 0.408 e. The van der Waals surface area contributed by atoms with Crippen molar-refractivity contribution in [1.82, 2.24) is 20.1 Å². The van der Waals surface area contributed by atoms with E-state index in [1.165, 1.54) is 10.7 Å². The van der Waals surface area contributed by atoms with Gasteiger partial charge in [0.25, 0.3) is 5.56 Å². The number of pyridine rings is 1. The molecule has 1 unspecified atom stereocenters. The van der Waals surface area contributed by atoms with Gasteiger partial charge in [-0.1, -0.05) is 23.7 Å². The summed E-state index contributed by atoms with van der Waals surface area (Å²) in [4.78, 5) is 29.0. The van der Waals surface area contributed by atoms with E-state index < -0.39 is 11.7 Å². The van der Waals surface area contributed by atoms with Crippen LogP contribution in [0, 0.1) is 0 Å². The number of halogens is 1. The van der Waals surface area contributed by atoms with E-state index >= 15 is 0 Å². The topological polar surface area (TPSA) is 105 Å². The summed E-state index contributed by atoms with van der Waals surface area (Å²) < 4.78 is 17.9. The van der Waals surface area contributed by atoms with Crippen molar-refractivity contribution in [2.75, 3.05) is 13.7 Å². The molecule has 0 aliphatic rings. The zero-order valence-electron chi connectivity index (χ0n) is 22.5. The SMILES string of the molecule is COc1ccc2c(OCCn3nc(-c4ccc(C(C)NC(=O)OC(C)(C)C)c(Cl)c4)ccc3=O)ccnc2c1. The first-order chi connectivity index (χ1) is 18.5. The van der Waals surface area contributed by atoms with Gasteiger partial charge in [-0.2, -0.15) is 5.10 Å². The summed E-state index contributed by atoms with van der Waals surface area (Å²) in [5, 5.41) is 8.61. The second kappa shape index (κ2) is 11.7. The lowest BCUT2D eigenvalue weighted by atomic mass is 10.0. The third-order valence-electron chi connectivity index (χ3n) is 5.83. The normalized spacial score (nSPS) is 12.2. The van der Waals surface area contributed by atoms with Gasteiger partial charge in [0.2, 0.25) is 0 Å². The number of rotatable bonds is 8. The Morgan fingerprint density at radius 3 is 2.62 bits per heavy atom. The molecule has 0 fully saturated rings. The van der Waals surface area contributed by atoms with Crippen LogP contribution in [0.25, 0.3) is 22.2 Å². The van der Waals surface area contributed by atoms with E-state index in [-0.39, 0.29) is 24.8 Å². The van der Waals surface area contributed by atoms with Crippen molar-refractivity contribution < 1.29 is 19.0 Å². The predicted octanol–water partition coefficient (Wildman–Crippen LogP) is 5.79. The van der Waals surface area contributed by atoms with Crippen molar-refractivity contribution >= 4 is 28.6 Å². The number of carbonyl (C=O) groups excluding carboxylic acids is 1. The summed E-state index contributed by atoms with van der Waals surface area (Å²) >= 11 is 6.56. The van der Waals surface area contributed by atoms with E-state index in [1.54, 1.807) is 52.3 Å². The Balaban J connectivity index is 1.45. The number of amides is 1. The van der Waals surface area contributed by atoms with Gasteiger partial charge in [-0.15, -0.1) is 0 Å². The highest BCUT2D eigenvalue weighted by Crippen LogP contribution is 2.29. The Hall–Kier alpha value is -4.11. The molecule has 2 aromatic heterocycles.